The molecule has 27 heavy (non-hydrogen) atoms. The molecule has 2 fully saturated rings. The Kier molecular flexibility index (Phi) is 5.06. The van der Waals surface area contributed by atoms with Crippen LogP contribution in [0.25, 0.3) is 16.8 Å². The topological polar surface area (TPSA) is 60.4 Å². The molecule has 2 aromatic rings. The number of morpholine rings is 1. The first-order chi connectivity index (χ1) is 13.1. The third-order valence-corrected chi connectivity index (χ3v) is 5.95. The standard InChI is InChI=1S/C20H24N4O2S/c1-12(2)17-19(27-4)18(13-5-8-16(25-3)21-9-13)23-20(22-17)24-14-6-7-15(24)11-26-10-14/h5,8-9,14-15H,1,6-7,10-11H2,2-4H3. The van der Waals surface area contributed by atoms with E-state index in [9.17, 15) is 0 Å². The highest BCUT2D eigenvalue weighted by Crippen LogP contribution is 2.38. The SMILES string of the molecule is C=C(C)c1nc(N2C3CCC2COC3)nc(-c2ccc(OC)nc2)c1SC. The summed E-state index contributed by atoms with van der Waals surface area (Å²) in [5.74, 6) is 1.36. The van der Waals surface area contributed by atoms with Crippen LogP contribution >= 0.6 is 11.8 Å². The summed E-state index contributed by atoms with van der Waals surface area (Å²) in [5, 5.41) is 0. The fourth-order valence-electron chi connectivity index (χ4n) is 3.83. The van der Waals surface area contributed by atoms with Crippen LogP contribution in [0.15, 0.2) is 29.8 Å². The minimum atomic E-state index is 0.351. The summed E-state index contributed by atoms with van der Waals surface area (Å²) in [5.41, 5.74) is 3.69. The number of hydrogen-bond donors (Lipinski definition) is 0. The van der Waals surface area contributed by atoms with E-state index in [1.165, 1.54) is 0 Å². The summed E-state index contributed by atoms with van der Waals surface area (Å²) in [7, 11) is 1.62. The monoisotopic (exact) mass is 384 g/mol. The van der Waals surface area contributed by atoms with Gasteiger partial charge < -0.3 is 14.4 Å². The molecule has 2 atom stereocenters. The molecule has 2 saturated heterocycles. The summed E-state index contributed by atoms with van der Waals surface area (Å²) < 4.78 is 10.9. The summed E-state index contributed by atoms with van der Waals surface area (Å²) >= 11 is 1.64. The highest BCUT2D eigenvalue weighted by atomic mass is 32.2. The second kappa shape index (κ2) is 7.48. The Morgan fingerprint density at radius 1 is 1.26 bits per heavy atom. The van der Waals surface area contributed by atoms with Crippen LogP contribution in [0, 0.1) is 0 Å². The van der Waals surface area contributed by atoms with Gasteiger partial charge in [0.1, 0.15) is 0 Å². The molecule has 2 unspecified atom stereocenters. The van der Waals surface area contributed by atoms with E-state index >= 15 is 0 Å². The number of allylic oxidation sites excluding steroid dienone is 1. The molecular formula is C20H24N4O2S. The number of ether oxygens (including phenoxy) is 2. The van der Waals surface area contributed by atoms with Crippen molar-refractivity contribution < 1.29 is 9.47 Å². The van der Waals surface area contributed by atoms with E-state index in [0.29, 0.717) is 18.0 Å². The molecule has 0 radical (unpaired) electrons. The molecule has 6 nitrogen and oxygen atoms in total. The molecule has 0 aromatic carbocycles. The smallest absolute Gasteiger partial charge is 0.227 e. The summed E-state index contributed by atoms with van der Waals surface area (Å²) in [6, 6.07) is 4.56. The lowest BCUT2D eigenvalue weighted by Gasteiger charge is -2.35. The van der Waals surface area contributed by atoms with Crippen molar-refractivity contribution in [2.24, 2.45) is 0 Å². The van der Waals surface area contributed by atoms with Gasteiger partial charge >= 0.3 is 0 Å². The lowest BCUT2D eigenvalue weighted by Crippen LogP contribution is -2.47. The van der Waals surface area contributed by atoms with Crippen molar-refractivity contribution in [1.29, 1.82) is 0 Å². The molecule has 2 bridgehead atoms. The number of rotatable bonds is 5. The molecule has 0 saturated carbocycles. The molecule has 0 aliphatic carbocycles. The number of hydrogen-bond acceptors (Lipinski definition) is 7. The molecule has 7 heteroatoms. The van der Waals surface area contributed by atoms with Crippen molar-refractivity contribution in [3.63, 3.8) is 0 Å². The first-order valence-corrected chi connectivity index (χ1v) is 10.3. The lowest BCUT2D eigenvalue weighted by atomic mass is 10.1. The Bertz CT molecular complexity index is 840. The van der Waals surface area contributed by atoms with E-state index in [0.717, 1.165) is 59.4 Å². The van der Waals surface area contributed by atoms with Gasteiger partial charge in [-0.2, -0.15) is 0 Å². The molecule has 2 aliphatic heterocycles. The fourth-order valence-corrected chi connectivity index (χ4v) is 4.60. The van der Waals surface area contributed by atoms with Crippen LogP contribution < -0.4 is 9.64 Å². The van der Waals surface area contributed by atoms with E-state index in [4.69, 9.17) is 19.4 Å². The average molecular weight is 385 g/mol. The molecule has 2 aromatic heterocycles. The maximum Gasteiger partial charge on any atom is 0.227 e. The van der Waals surface area contributed by atoms with Crippen molar-refractivity contribution in [1.82, 2.24) is 15.0 Å². The maximum absolute atomic E-state index is 5.73. The van der Waals surface area contributed by atoms with Gasteiger partial charge in [0.15, 0.2) is 0 Å². The van der Waals surface area contributed by atoms with Gasteiger partial charge in [-0.3, -0.25) is 0 Å². The van der Waals surface area contributed by atoms with Crippen molar-refractivity contribution in [3.8, 4) is 17.1 Å². The lowest BCUT2D eigenvalue weighted by molar-refractivity contribution is 0.0897. The zero-order valence-electron chi connectivity index (χ0n) is 15.9. The van der Waals surface area contributed by atoms with Crippen LogP contribution in [-0.2, 0) is 4.74 Å². The minimum absolute atomic E-state index is 0.351. The Hall–Kier alpha value is -2.12. The van der Waals surface area contributed by atoms with Gasteiger partial charge in [-0.25, -0.2) is 15.0 Å². The van der Waals surface area contributed by atoms with E-state index in [2.05, 4.69) is 16.5 Å². The summed E-state index contributed by atoms with van der Waals surface area (Å²) in [6.07, 6.45) is 6.10. The second-order valence-corrected chi connectivity index (χ2v) is 7.77. The van der Waals surface area contributed by atoms with E-state index in [1.807, 2.05) is 25.3 Å². The molecule has 4 heterocycles. The van der Waals surface area contributed by atoms with E-state index < -0.39 is 0 Å². The van der Waals surface area contributed by atoms with Crippen molar-refractivity contribution >= 4 is 23.3 Å². The molecule has 0 N–H and O–H groups in total. The highest BCUT2D eigenvalue weighted by Gasteiger charge is 2.39. The second-order valence-electron chi connectivity index (χ2n) is 6.95. The van der Waals surface area contributed by atoms with Gasteiger partial charge in [0.2, 0.25) is 11.8 Å². The van der Waals surface area contributed by atoms with Crippen molar-refractivity contribution in [2.45, 2.75) is 36.7 Å². The quantitative estimate of drug-likeness (QED) is 0.729. The average Bonchev–Trinajstić information content (AvgIpc) is 2.95. The zero-order chi connectivity index (χ0) is 19.0. The Morgan fingerprint density at radius 2 is 2.00 bits per heavy atom. The molecule has 0 amide bonds. The third kappa shape index (κ3) is 3.30. The van der Waals surface area contributed by atoms with Gasteiger partial charge in [-0.1, -0.05) is 6.58 Å². The first-order valence-electron chi connectivity index (χ1n) is 9.10. The van der Waals surface area contributed by atoms with Gasteiger partial charge in [0.25, 0.3) is 0 Å². The Balaban J connectivity index is 1.85. The number of pyridine rings is 1. The van der Waals surface area contributed by atoms with E-state index in [1.54, 1.807) is 25.1 Å². The number of methoxy groups -OCH3 is 1. The summed E-state index contributed by atoms with van der Waals surface area (Å²) in [4.78, 5) is 17.6. The first kappa shape index (κ1) is 18.3. The molecule has 2 aliphatic rings. The van der Waals surface area contributed by atoms with Crippen molar-refractivity contribution in [2.75, 3.05) is 31.5 Å². The minimum Gasteiger partial charge on any atom is -0.481 e. The molecular weight excluding hydrogens is 360 g/mol. The molecule has 4 rings (SSSR count). The van der Waals surface area contributed by atoms with Crippen LogP contribution in [0.3, 0.4) is 0 Å². The van der Waals surface area contributed by atoms with Gasteiger partial charge in [-0.05, 0) is 37.7 Å². The number of nitrogens with zero attached hydrogens (tertiary/aromatic N) is 4. The number of thioether (sulfide) groups is 1. The van der Waals surface area contributed by atoms with Gasteiger partial charge in [-0.15, -0.1) is 11.8 Å². The predicted molar refractivity (Wildman–Crippen MR) is 108 cm³/mol. The van der Waals surface area contributed by atoms with E-state index in [-0.39, 0.29) is 0 Å². The Morgan fingerprint density at radius 3 is 2.56 bits per heavy atom. The van der Waals surface area contributed by atoms with Gasteiger partial charge in [0, 0.05) is 17.8 Å². The van der Waals surface area contributed by atoms with Crippen LogP contribution in [-0.4, -0.2) is 53.6 Å². The fraction of sp³-hybridized carbons (Fsp3) is 0.450. The normalized spacial score (nSPS) is 21.4. The summed E-state index contributed by atoms with van der Waals surface area (Å²) in [6.45, 7) is 7.63. The maximum atomic E-state index is 5.73. The molecule has 142 valence electrons. The van der Waals surface area contributed by atoms with Crippen molar-refractivity contribution in [3.05, 3.63) is 30.6 Å². The number of anilines is 1. The van der Waals surface area contributed by atoms with Crippen LogP contribution in [0.2, 0.25) is 0 Å². The third-order valence-electron chi connectivity index (χ3n) is 5.15. The highest BCUT2D eigenvalue weighted by molar-refractivity contribution is 7.98. The largest absolute Gasteiger partial charge is 0.481 e. The van der Waals surface area contributed by atoms with Crippen LogP contribution in [0.5, 0.6) is 5.88 Å². The van der Waals surface area contributed by atoms with Gasteiger partial charge in [0.05, 0.1) is 48.7 Å². The predicted octanol–water partition coefficient (Wildman–Crippen LogP) is 3.67. The number of fused-ring (bicyclic) bond motifs is 2. The zero-order valence-corrected chi connectivity index (χ0v) is 16.8. The number of aromatic nitrogens is 3. The Labute approximate surface area is 164 Å². The van der Waals surface area contributed by atoms with Crippen LogP contribution in [0.1, 0.15) is 25.5 Å². The molecule has 0 spiro atoms. The van der Waals surface area contributed by atoms with Crippen LogP contribution in [0.4, 0.5) is 5.95 Å².